The summed E-state index contributed by atoms with van der Waals surface area (Å²) in [5.74, 6) is 0.555. The van der Waals surface area contributed by atoms with Gasteiger partial charge in [-0.2, -0.15) is 5.10 Å². The van der Waals surface area contributed by atoms with Crippen molar-refractivity contribution in [2.24, 2.45) is 0 Å². The average Bonchev–Trinajstić information content (AvgIpc) is 3.29. The average molecular weight is 394 g/mol. The van der Waals surface area contributed by atoms with Gasteiger partial charge in [-0.3, -0.25) is 9.69 Å². The maximum absolute atomic E-state index is 11.2. The molecule has 8 heteroatoms. The van der Waals surface area contributed by atoms with Crippen molar-refractivity contribution in [3.05, 3.63) is 47.4 Å². The number of nitrogens with zero attached hydrogens (tertiary/aromatic N) is 5. The van der Waals surface area contributed by atoms with Crippen molar-refractivity contribution >= 4 is 17.1 Å². The highest BCUT2D eigenvalue weighted by Gasteiger charge is 2.29. The first-order chi connectivity index (χ1) is 14.0. The van der Waals surface area contributed by atoms with Gasteiger partial charge in [-0.15, -0.1) is 0 Å². The highest BCUT2D eigenvalue weighted by atomic mass is 16.3. The van der Waals surface area contributed by atoms with Gasteiger partial charge in [-0.05, 0) is 26.0 Å². The number of carbonyl (C=O) groups is 1. The molecule has 1 fully saturated rings. The van der Waals surface area contributed by atoms with Crippen LogP contribution < -0.4 is 5.32 Å². The first-order valence-electron chi connectivity index (χ1n) is 9.94. The predicted octanol–water partition coefficient (Wildman–Crippen LogP) is 1.97. The minimum absolute atomic E-state index is 0.0568. The summed E-state index contributed by atoms with van der Waals surface area (Å²) in [6.45, 7) is 7.13. The molecule has 29 heavy (non-hydrogen) atoms. The van der Waals surface area contributed by atoms with Gasteiger partial charge in [0.15, 0.2) is 5.65 Å². The second-order valence-corrected chi connectivity index (χ2v) is 7.67. The van der Waals surface area contributed by atoms with Crippen LogP contribution in [0, 0.1) is 6.92 Å². The van der Waals surface area contributed by atoms with E-state index in [-0.39, 0.29) is 11.8 Å². The zero-order valence-corrected chi connectivity index (χ0v) is 16.8. The Kier molecular flexibility index (Phi) is 5.44. The van der Waals surface area contributed by atoms with Crippen LogP contribution in [0.3, 0.4) is 0 Å². The quantitative estimate of drug-likeness (QED) is 0.664. The van der Waals surface area contributed by atoms with Gasteiger partial charge in [0.1, 0.15) is 11.3 Å². The minimum Gasteiger partial charge on any atom is -0.508 e. The van der Waals surface area contributed by atoms with Crippen LogP contribution >= 0.6 is 0 Å². The number of aryl methyl sites for hydroxylation is 1. The Labute approximate surface area is 169 Å². The number of aromatic nitrogens is 4. The molecule has 0 saturated carbocycles. The fourth-order valence-electron chi connectivity index (χ4n) is 3.98. The molecule has 3 aromatic rings. The molecule has 2 N–H and O–H groups in total. The summed E-state index contributed by atoms with van der Waals surface area (Å²) in [6.07, 6.45) is 4.36. The summed E-state index contributed by atoms with van der Waals surface area (Å²) in [5, 5.41) is 17.8. The molecular formula is C21H26N6O2. The molecule has 1 amide bonds. The third kappa shape index (κ3) is 4.22. The zero-order chi connectivity index (χ0) is 20.4. The van der Waals surface area contributed by atoms with Gasteiger partial charge in [0.2, 0.25) is 5.91 Å². The Hall–Kier alpha value is -3.00. The van der Waals surface area contributed by atoms with Crippen molar-refractivity contribution in [2.75, 3.05) is 19.6 Å². The van der Waals surface area contributed by atoms with E-state index in [4.69, 9.17) is 5.10 Å². The second kappa shape index (κ2) is 8.16. The van der Waals surface area contributed by atoms with Crippen molar-refractivity contribution in [2.45, 2.75) is 39.3 Å². The molecule has 1 aromatic carbocycles. The van der Waals surface area contributed by atoms with Crippen LogP contribution in [0.1, 0.15) is 36.1 Å². The Morgan fingerprint density at radius 2 is 2.14 bits per heavy atom. The molecule has 1 atom stereocenters. The molecule has 0 unspecified atom stereocenters. The van der Waals surface area contributed by atoms with Crippen molar-refractivity contribution in [3.8, 4) is 5.75 Å². The highest BCUT2D eigenvalue weighted by Crippen LogP contribution is 2.32. The van der Waals surface area contributed by atoms with Crippen molar-refractivity contribution < 1.29 is 9.90 Å². The van der Waals surface area contributed by atoms with Crippen LogP contribution in [0.4, 0.5) is 0 Å². The van der Waals surface area contributed by atoms with Crippen molar-refractivity contribution in [1.82, 2.24) is 30.0 Å². The smallest absolute Gasteiger partial charge is 0.216 e. The SMILES string of the molecule is CC(=O)NCCn1nc([C@@H]2CCN(Cc3cc(C)ccc3O)C2)c2nccnc21. The minimum atomic E-state index is -0.0568. The molecule has 4 rings (SSSR count). The molecule has 0 radical (unpaired) electrons. The van der Waals surface area contributed by atoms with Crippen LogP contribution in [-0.2, 0) is 17.9 Å². The van der Waals surface area contributed by atoms with E-state index < -0.39 is 0 Å². The number of phenolic OH excluding ortho intramolecular Hbond substituents is 1. The molecule has 152 valence electrons. The van der Waals surface area contributed by atoms with E-state index in [0.717, 1.165) is 54.0 Å². The van der Waals surface area contributed by atoms with E-state index in [2.05, 4.69) is 20.2 Å². The van der Waals surface area contributed by atoms with Gasteiger partial charge in [-0.1, -0.05) is 17.7 Å². The fourth-order valence-corrected chi connectivity index (χ4v) is 3.98. The first kappa shape index (κ1) is 19.3. The number of aromatic hydroxyl groups is 1. The first-order valence-corrected chi connectivity index (χ1v) is 9.94. The number of benzene rings is 1. The van der Waals surface area contributed by atoms with Crippen molar-refractivity contribution in [3.63, 3.8) is 0 Å². The molecule has 0 aliphatic carbocycles. The van der Waals surface area contributed by atoms with Gasteiger partial charge >= 0.3 is 0 Å². The molecular weight excluding hydrogens is 368 g/mol. The lowest BCUT2D eigenvalue weighted by atomic mass is 10.0. The van der Waals surface area contributed by atoms with Crippen LogP contribution in [0.2, 0.25) is 0 Å². The number of nitrogens with one attached hydrogen (secondary N) is 1. The number of fused-ring (bicyclic) bond motifs is 1. The molecule has 8 nitrogen and oxygen atoms in total. The maximum atomic E-state index is 11.2. The normalized spacial score (nSPS) is 17.1. The van der Waals surface area contributed by atoms with Gasteiger partial charge in [0.25, 0.3) is 0 Å². The van der Waals surface area contributed by atoms with Crippen molar-refractivity contribution in [1.29, 1.82) is 0 Å². The lowest BCUT2D eigenvalue weighted by Gasteiger charge is -2.17. The topological polar surface area (TPSA) is 96.2 Å². The Bertz CT molecular complexity index is 1030. The highest BCUT2D eigenvalue weighted by molar-refractivity contribution is 5.74. The summed E-state index contributed by atoms with van der Waals surface area (Å²) in [6, 6.07) is 5.72. The monoisotopic (exact) mass is 394 g/mol. The molecule has 0 spiro atoms. The molecule has 3 heterocycles. The number of carbonyl (C=O) groups excluding carboxylic acids is 1. The van der Waals surface area contributed by atoms with Crippen LogP contribution in [-0.4, -0.2) is 55.3 Å². The third-order valence-corrected chi connectivity index (χ3v) is 5.38. The van der Waals surface area contributed by atoms with E-state index in [9.17, 15) is 9.90 Å². The lowest BCUT2D eigenvalue weighted by Crippen LogP contribution is -2.25. The number of hydrogen-bond acceptors (Lipinski definition) is 6. The third-order valence-electron chi connectivity index (χ3n) is 5.38. The molecule has 1 saturated heterocycles. The van der Waals surface area contributed by atoms with E-state index in [1.165, 1.54) is 6.92 Å². The number of phenols is 1. The number of rotatable bonds is 6. The number of likely N-dealkylation sites (tertiary alicyclic amines) is 1. The molecule has 2 aromatic heterocycles. The summed E-state index contributed by atoms with van der Waals surface area (Å²) in [4.78, 5) is 22.5. The van der Waals surface area contributed by atoms with E-state index in [1.807, 2.05) is 23.7 Å². The zero-order valence-electron chi connectivity index (χ0n) is 16.8. The largest absolute Gasteiger partial charge is 0.508 e. The maximum Gasteiger partial charge on any atom is 0.216 e. The second-order valence-electron chi connectivity index (χ2n) is 7.67. The van der Waals surface area contributed by atoms with E-state index in [1.54, 1.807) is 18.5 Å². The van der Waals surface area contributed by atoms with Crippen LogP contribution in [0.25, 0.3) is 11.2 Å². The Balaban J connectivity index is 1.51. The number of hydrogen-bond donors (Lipinski definition) is 2. The van der Waals surface area contributed by atoms with Gasteiger partial charge in [-0.25, -0.2) is 14.6 Å². The molecule has 1 aliphatic rings. The molecule has 1 aliphatic heterocycles. The molecule has 0 bridgehead atoms. The standard InChI is InChI=1S/C21H26N6O2/c1-14-3-4-18(29)17(11-14)13-26-9-5-16(12-26)19-20-21(24-7-6-23-20)27(25-19)10-8-22-15(2)28/h3-4,6-7,11,16,29H,5,8-10,12-13H2,1-2H3,(H,22,28)/t16-/m1/s1. The Morgan fingerprint density at radius 3 is 2.97 bits per heavy atom. The van der Waals surface area contributed by atoms with Gasteiger partial charge in [0, 0.05) is 50.4 Å². The summed E-state index contributed by atoms with van der Waals surface area (Å²) in [7, 11) is 0. The fraction of sp³-hybridized carbons (Fsp3) is 0.429. The lowest BCUT2D eigenvalue weighted by molar-refractivity contribution is -0.118. The van der Waals surface area contributed by atoms with Gasteiger partial charge in [0.05, 0.1) is 12.2 Å². The van der Waals surface area contributed by atoms with E-state index >= 15 is 0 Å². The summed E-state index contributed by atoms with van der Waals surface area (Å²) >= 11 is 0. The summed E-state index contributed by atoms with van der Waals surface area (Å²) in [5.41, 5.74) is 4.65. The van der Waals surface area contributed by atoms with Crippen LogP contribution in [0.15, 0.2) is 30.6 Å². The van der Waals surface area contributed by atoms with Gasteiger partial charge < -0.3 is 10.4 Å². The summed E-state index contributed by atoms with van der Waals surface area (Å²) < 4.78 is 1.84. The predicted molar refractivity (Wildman–Crippen MR) is 109 cm³/mol. The van der Waals surface area contributed by atoms with Crippen LogP contribution in [0.5, 0.6) is 5.75 Å². The number of amides is 1. The van der Waals surface area contributed by atoms with E-state index in [0.29, 0.717) is 18.8 Å². The Morgan fingerprint density at radius 1 is 1.31 bits per heavy atom.